The number of benzene rings is 1. The van der Waals surface area contributed by atoms with E-state index in [2.05, 4.69) is 35.2 Å². The van der Waals surface area contributed by atoms with E-state index in [0.29, 0.717) is 0 Å². The SMILES string of the molecule is N=C(N)c1nonc1Cn1nnnc1-c1cccc(OC(F)(F)F)c1. The maximum absolute atomic E-state index is 12.3. The first kappa shape index (κ1) is 16.4. The van der Waals surface area contributed by atoms with E-state index >= 15 is 0 Å². The van der Waals surface area contributed by atoms with Crippen molar-refractivity contribution in [3.8, 4) is 17.1 Å². The van der Waals surface area contributed by atoms with Crippen molar-refractivity contribution in [2.45, 2.75) is 12.9 Å². The maximum Gasteiger partial charge on any atom is 0.573 e. The standard InChI is InChI=1S/C12H9F3N8O2/c13-12(14,15)24-7-3-1-2-6(4-7)11-18-21-22-23(11)5-8-9(10(16)17)20-25-19-8/h1-4H,5H2,(H3,16,17). The van der Waals surface area contributed by atoms with Gasteiger partial charge in [-0.2, -0.15) is 0 Å². The van der Waals surface area contributed by atoms with E-state index in [1.807, 2.05) is 0 Å². The van der Waals surface area contributed by atoms with E-state index in [-0.39, 0.29) is 35.2 Å². The molecule has 0 radical (unpaired) electrons. The topological polar surface area (TPSA) is 142 Å². The van der Waals surface area contributed by atoms with Crippen molar-refractivity contribution < 1.29 is 22.5 Å². The lowest BCUT2D eigenvalue weighted by Crippen LogP contribution is -2.17. The zero-order chi connectivity index (χ0) is 18.0. The Morgan fingerprint density at radius 2 is 2.12 bits per heavy atom. The number of amidine groups is 1. The molecule has 2 heterocycles. The molecule has 0 amide bonds. The molecule has 0 spiro atoms. The number of aromatic nitrogens is 6. The number of nitrogens with one attached hydrogen (secondary N) is 1. The molecule has 3 aromatic rings. The van der Waals surface area contributed by atoms with Crippen molar-refractivity contribution in [1.82, 2.24) is 30.5 Å². The minimum absolute atomic E-state index is 0.0237. The Morgan fingerprint density at radius 1 is 1.32 bits per heavy atom. The molecule has 25 heavy (non-hydrogen) atoms. The third-order valence-corrected chi connectivity index (χ3v) is 2.97. The van der Waals surface area contributed by atoms with Gasteiger partial charge in [-0.3, -0.25) is 5.41 Å². The second kappa shape index (κ2) is 6.18. The number of ether oxygens (including phenoxy) is 1. The number of alkyl halides is 3. The predicted octanol–water partition coefficient (Wildman–Crippen LogP) is 0.954. The molecule has 0 atom stereocenters. The summed E-state index contributed by atoms with van der Waals surface area (Å²) >= 11 is 0. The maximum atomic E-state index is 12.3. The van der Waals surface area contributed by atoms with E-state index in [9.17, 15) is 13.2 Å². The first-order chi connectivity index (χ1) is 11.8. The minimum Gasteiger partial charge on any atom is -0.406 e. The normalized spacial score (nSPS) is 11.5. The zero-order valence-corrected chi connectivity index (χ0v) is 12.2. The largest absolute Gasteiger partial charge is 0.573 e. The summed E-state index contributed by atoms with van der Waals surface area (Å²) in [6.07, 6.45) is -4.81. The van der Waals surface area contributed by atoms with Crippen LogP contribution in [0, 0.1) is 5.41 Å². The molecule has 3 rings (SSSR count). The van der Waals surface area contributed by atoms with E-state index in [0.717, 1.165) is 12.1 Å². The van der Waals surface area contributed by atoms with Crippen LogP contribution in [0.15, 0.2) is 28.9 Å². The molecule has 3 N–H and O–H groups in total. The van der Waals surface area contributed by atoms with Crippen LogP contribution >= 0.6 is 0 Å². The molecule has 0 saturated carbocycles. The molecular weight excluding hydrogens is 345 g/mol. The van der Waals surface area contributed by atoms with Gasteiger partial charge in [0.25, 0.3) is 0 Å². The van der Waals surface area contributed by atoms with Crippen molar-refractivity contribution >= 4 is 5.84 Å². The Labute approximate surface area is 136 Å². The first-order valence-electron chi connectivity index (χ1n) is 6.61. The van der Waals surface area contributed by atoms with Crippen LogP contribution in [0.4, 0.5) is 13.2 Å². The predicted molar refractivity (Wildman–Crippen MR) is 74.4 cm³/mol. The number of halogens is 3. The van der Waals surface area contributed by atoms with Gasteiger partial charge in [-0.25, -0.2) is 9.31 Å². The highest BCUT2D eigenvalue weighted by Crippen LogP contribution is 2.27. The second-order valence-corrected chi connectivity index (χ2v) is 4.71. The van der Waals surface area contributed by atoms with Crippen LogP contribution in [0.1, 0.15) is 11.4 Å². The monoisotopic (exact) mass is 354 g/mol. The molecule has 0 aliphatic rings. The van der Waals surface area contributed by atoms with Gasteiger partial charge in [0.1, 0.15) is 17.3 Å². The summed E-state index contributed by atoms with van der Waals surface area (Å²) in [5.74, 6) is -0.608. The van der Waals surface area contributed by atoms with Crippen LogP contribution in [0.25, 0.3) is 11.4 Å². The molecule has 0 bridgehead atoms. The van der Waals surface area contributed by atoms with Gasteiger partial charge in [0.05, 0.1) is 6.54 Å². The second-order valence-electron chi connectivity index (χ2n) is 4.71. The van der Waals surface area contributed by atoms with Crippen molar-refractivity contribution in [2.75, 3.05) is 0 Å². The van der Waals surface area contributed by atoms with Gasteiger partial charge in [0.15, 0.2) is 11.5 Å². The molecule has 1 aromatic carbocycles. The van der Waals surface area contributed by atoms with Gasteiger partial charge < -0.3 is 10.5 Å². The lowest BCUT2D eigenvalue weighted by molar-refractivity contribution is -0.274. The van der Waals surface area contributed by atoms with Crippen LogP contribution in [0.3, 0.4) is 0 Å². The lowest BCUT2D eigenvalue weighted by atomic mass is 10.2. The smallest absolute Gasteiger partial charge is 0.406 e. The number of hydrogen-bond donors (Lipinski definition) is 2. The van der Waals surface area contributed by atoms with Crippen LogP contribution in [-0.4, -0.2) is 42.7 Å². The van der Waals surface area contributed by atoms with Gasteiger partial charge in [-0.1, -0.05) is 17.3 Å². The quantitative estimate of drug-likeness (QED) is 0.509. The van der Waals surface area contributed by atoms with Crippen LogP contribution in [-0.2, 0) is 6.54 Å². The molecular formula is C12H9F3N8O2. The summed E-state index contributed by atoms with van der Waals surface area (Å²) in [5, 5.41) is 25.5. The average molecular weight is 354 g/mol. The van der Waals surface area contributed by atoms with Crippen molar-refractivity contribution in [3.63, 3.8) is 0 Å². The van der Waals surface area contributed by atoms with Crippen LogP contribution in [0.5, 0.6) is 5.75 Å². The third-order valence-electron chi connectivity index (χ3n) is 2.97. The number of hydrogen-bond acceptors (Lipinski definition) is 8. The fraction of sp³-hybridized carbons (Fsp3) is 0.167. The Hall–Kier alpha value is -3.51. The summed E-state index contributed by atoms with van der Waals surface area (Å²) in [7, 11) is 0. The fourth-order valence-electron chi connectivity index (χ4n) is 2.01. The molecule has 0 unspecified atom stereocenters. The Kier molecular flexibility index (Phi) is 4.04. The molecule has 0 aliphatic heterocycles. The molecule has 0 aliphatic carbocycles. The number of nitrogen functional groups attached to an aromatic ring is 1. The Balaban J connectivity index is 1.90. The van der Waals surface area contributed by atoms with Crippen molar-refractivity contribution in [1.29, 1.82) is 5.41 Å². The summed E-state index contributed by atoms with van der Waals surface area (Å²) in [4.78, 5) is 0. The van der Waals surface area contributed by atoms with E-state index in [1.165, 1.54) is 16.8 Å². The van der Waals surface area contributed by atoms with Crippen LogP contribution < -0.4 is 10.5 Å². The first-order valence-corrected chi connectivity index (χ1v) is 6.61. The van der Waals surface area contributed by atoms with Crippen molar-refractivity contribution in [3.05, 3.63) is 35.7 Å². The lowest BCUT2D eigenvalue weighted by Gasteiger charge is -2.09. The number of nitrogens with zero attached hydrogens (tertiary/aromatic N) is 6. The van der Waals surface area contributed by atoms with E-state index in [4.69, 9.17) is 11.1 Å². The highest BCUT2D eigenvalue weighted by molar-refractivity contribution is 5.93. The number of rotatable bonds is 5. The molecule has 0 saturated heterocycles. The number of tetrazole rings is 1. The van der Waals surface area contributed by atoms with Gasteiger partial charge in [-0.05, 0) is 27.7 Å². The minimum atomic E-state index is -4.81. The van der Waals surface area contributed by atoms with E-state index in [1.54, 1.807) is 0 Å². The highest BCUT2D eigenvalue weighted by Gasteiger charge is 2.31. The molecule has 130 valence electrons. The summed E-state index contributed by atoms with van der Waals surface area (Å²) < 4.78 is 46.7. The Morgan fingerprint density at radius 3 is 2.84 bits per heavy atom. The van der Waals surface area contributed by atoms with E-state index < -0.39 is 12.1 Å². The zero-order valence-electron chi connectivity index (χ0n) is 12.2. The van der Waals surface area contributed by atoms with Crippen molar-refractivity contribution in [2.24, 2.45) is 5.73 Å². The summed E-state index contributed by atoms with van der Waals surface area (Å²) in [6, 6.07) is 5.18. The molecule has 2 aromatic heterocycles. The van der Waals surface area contributed by atoms with Crippen LogP contribution in [0.2, 0.25) is 0 Å². The van der Waals surface area contributed by atoms with Gasteiger partial charge in [0.2, 0.25) is 0 Å². The summed E-state index contributed by atoms with van der Waals surface area (Å²) in [6.45, 7) is -0.0505. The van der Waals surface area contributed by atoms with Gasteiger partial charge in [-0.15, -0.1) is 18.3 Å². The Bertz CT molecular complexity index is 904. The third kappa shape index (κ3) is 3.70. The average Bonchev–Trinajstić information content (AvgIpc) is 3.15. The fourth-order valence-corrected chi connectivity index (χ4v) is 2.01. The summed E-state index contributed by atoms with van der Waals surface area (Å²) in [5.41, 5.74) is 5.86. The highest BCUT2D eigenvalue weighted by atomic mass is 19.4. The molecule has 0 fully saturated rings. The van der Waals surface area contributed by atoms with Gasteiger partial charge >= 0.3 is 6.36 Å². The molecule has 13 heteroatoms. The number of nitrogens with two attached hydrogens (primary N) is 1. The van der Waals surface area contributed by atoms with Gasteiger partial charge in [0, 0.05) is 5.56 Å². The molecule has 10 nitrogen and oxygen atoms in total.